The van der Waals surface area contributed by atoms with Gasteiger partial charge in [0.15, 0.2) is 5.84 Å². The number of allylic oxidation sites excluding steroid dienone is 1. The van der Waals surface area contributed by atoms with Crippen LogP contribution < -0.4 is 5.32 Å². The molecule has 1 atom stereocenters. The van der Waals surface area contributed by atoms with Crippen LogP contribution in [-0.2, 0) is 9.53 Å². The Labute approximate surface area is 154 Å². The Morgan fingerprint density at radius 1 is 1.35 bits per heavy atom. The fourth-order valence-electron chi connectivity index (χ4n) is 2.66. The summed E-state index contributed by atoms with van der Waals surface area (Å²) in [6.07, 6.45) is 1.29. The third-order valence-electron chi connectivity index (χ3n) is 3.89. The van der Waals surface area contributed by atoms with Crippen molar-refractivity contribution in [3.8, 4) is 5.75 Å². The Morgan fingerprint density at radius 2 is 2.12 bits per heavy atom. The van der Waals surface area contributed by atoms with E-state index < -0.39 is 17.8 Å². The number of aromatic hydroxyl groups is 1. The lowest BCUT2D eigenvalue weighted by Crippen LogP contribution is -2.33. The van der Waals surface area contributed by atoms with Crippen LogP contribution in [0.15, 0.2) is 52.8 Å². The van der Waals surface area contributed by atoms with Crippen LogP contribution >= 0.6 is 11.6 Å². The number of hydrogen-bond acceptors (Lipinski definition) is 6. The molecule has 0 amide bonds. The number of carbonyl (C=O) groups excluding carboxylic acids is 1. The molecule has 0 bridgehead atoms. The Balaban J connectivity index is 2.13. The van der Waals surface area contributed by atoms with Crippen LogP contribution in [0.25, 0.3) is 0 Å². The number of nitrogens with zero attached hydrogens (tertiary/aromatic N) is 2. The summed E-state index contributed by atoms with van der Waals surface area (Å²) in [4.78, 5) is 20.9. The van der Waals surface area contributed by atoms with Crippen molar-refractivity contribution in [1.82, 2.24) is 10.3 Å². The van der Waals surface area contributed by atoms with Crippen molar-refractivity contribution in [1.29, 1.82) is 0 Å². The fourth-order valence-corrected chi connectivity index (χ4v) is 2.93. The van der Waals surface area contributed by atoms with Gasteiger partial charge in [0, 0.05) is 16.3 Å². The van der Waals surface area contributed by atoms with E-state index in [1.165, 1.54) is 31.5 Å². The number of nitrogens with one attached hydrogen (secondary N) is 1. The van der Waals surface area contributed by atoms with Crippen LogP contribution in [0.4, 0.5) is 4.39 Å². The normalized spacial score (nSPS) is 16.8. The molecule has 0 aliphatic carbocycles. The molecule has 0 saturated carbocycles. The summed E-state index contributed by atoms with van der Waals surface area (Å²) in [5.41, 5.74) is 1.71. The lowest BCUT2D eigenvalue weighted by molar-refractivity contribution is -0.136. The predicted molar refractivity (Wildman–Crippen MR) is 94.4 cm³/mol. The average molecular weight is 376 g/mol. The zero-order chi connectivity index (χ0) is 18.8. The summed E-state index contributed by atoms with van der Waals surface area (Å²) >= 11 is 6.19. The third-order valence-corrected chi connectivity index (χ3v) is 4.22. The van der Waals surface area contributed by atoms with Gasteiger partial charge in [-0.1, -0.05) is 17.7 Å². The number of aliphatic imine (C=N–C) groups is 1. The average Bonchev–Trinajstić information content (AvgIpc) is 2.61. The van der Waals surface area contributed by atoms with Gasteiger partial charge < -0.3 is 15.2 Å². The van der Waals surface area contributed by atoms with E-state index in [-0.39, 0.29) is 16.3 Å². The van der Waals surface area contributed by atoms with E-state index in [0.29, 0.717) is 22.8 Å². The number of benzene rings is 1. The van der Waals surface area contributed by atoms with Crippen LogP contribution in [-0.4, -0.2) is 29.0 Å². The maximum atomic E-state index is 13.4. The van der Waals surface area contributed by atoms with Crippen LogP contribution in [0.5, 0.6) is 5.75 Å². The minimum Gasteiger partial charge on any atom is -0.506 e. The molecule has 26 heavy (non-hydrogen) atoms. The topological polar surface area (TPSA) is 83.8 Å². The summed E-state index contributed by atoms with van der Waals surface area (Å²) in [5, 5.41) is 12.6. The zero-order valence-electron chi connectivity index (χ0n) is 14.0. The second-order valence-electron chi connectivity index (χ2n) is 5.60. The minimum atomic E-state index is -0.789. The van der Waals surface area contributed by atoms with E-state index in [1.807, 2.05) is 0 Å². The lowest BCUT2D eigenvalue weighted by Gasteiger charge is -2.26. The molecule has 0 spiro atoms. The van der Waals surface area contributed by atoms with Gasteiger partial charge in [0.05, 0.1) is 18.9 Å². The van der Waals surface area contributed by atoms with E-state index >= 15 is 0 Å². The summed E-state index contributed by atoms with van der Waals surface area (Å²) in [7, 11) is 1.27. The number of hydrogen-bond donors (Lipinski definition) is 2. The standard InChI is InChI=1S/C18H15ClFN3O3/c1-9-15(18(25)26-2)16(12-5-3-10(20)7-13(12)19)23-17(22-9)14-6-4-11(24)8-21-14/h3-8,16,24H,1-2H3,(H,22,23). The molecule has 0 saturated heterocycles. The Bertz CT molecular complexity index is 926. The van der Waals surface area contributed by atoms with E-state index in [1.54, 1.807) is 13.0 Å². The molecular weight excluding hydrogens is 361 g/mol. The molecule has 1 aliphatic heterocycles. The highest BCUT2D eigenvalue weighted by molar-refractivity contribution is 6.31. The number of halogens is 2. The first-order valence-electron chi connectivity index (χ1n) is 7.65. The summed E-state index contributed by atoms with van der Waals surface area (Å²) in [6.45, 7) is 1.70. The highest BCUT2D eigenvalue weighted by Gasteiger charge is 2.32. The molecule has 3 rings (SSSR count). The second-order valence-corrected chi connectivity index (χ2v) is 6.01. The van der Waals surface area contributed by atoms with Gasteiger partial charge in [-0.2, -0.15) is 0 Å². The monoisotopic (exact) mass is 375 g/mol. The highest BCUT2D eigenvalue weighted by atomic mass is 35.5. The smallest absolute Gasteiger partial charge is 0.338 e. The van der Waals surface area contributed by atoms with Gasteiger partial charge in [-0.15, -0.1) is 0 Å². The largest absolute Gasteiger partial charge is 0.506 e. The molecule has 2 aromatic rings. The maximum Gasteiger partial charge on any atom is 0.338 e. The predicted octanol–water partition coefficient (Wildman–Crippen LogP) is 3.12. The number of esters is 1. The molecule has 2 heterocycles. The van der Waals surface area contributed by atoms with Crippen LogP contribution in [0.1, 0.15) is 24.2 Å². The first-order valence-corrected chi connectivity index (χ1v) is 8.02. The van der Waals surface area contributed by atoms with Crippen LogP contribution in [0, 0.1) is 5.82 Å². The number of rotatable bonds is 3. The van der Waals surface area contributed by atoms with Crippen molar-refractivity contribution in [2.24, 2.45) is 4.99 Å². The molecule has 1 aromatic carbocycles. The van der Waals surface area contributed by atoms with Crippen molar-refractivity contribution in [2.75, 3.05) is 7.11 Å². The molecule has 2 N–H and O–H groups in total. The first-order chi connectivity index (χ1) is 12.4. The molecule has 1 aromatic heterocycles. The number of aromatic nitrogens is 1. The molecule has 0 radical (unpaired) electrons. The SMILES string of the molecule is COC(=O)C1=C(C)NC(c2ccc(O)cn2)=NC1c1ccc(F)cc1Cl. The number of amidine groups is 1. The van der Waals surface area contributed by atoms with Crippen molar-refractivity contribution >= 4 is 23.4 Å². The van der Waals surface area contributed by atoms with Gasteiger partial charge in [-0.3, -0.25) is 4.99 Å². The Kier molecular flexibility index (Phi) is 4.90. The van der Waals surface area contributed by atoms with Crippen molar-refractivity contribution in [2.45, 2.75) is 13.0 Å². The van der Waals surface area contributed by atoms with Crippen LogP contribution in [0.2, 0.25) is 5.02 Å². The van der Waals surface area contributed by atoms with E-state index in [0.717, 1.165) is 6.07 Å². The molecule has 0 fully saturated rings. The van der Waals surface area contributed by atoms with E-state index in [2.05, 4.69) is 15.3 Å². The van der Waals surface area contributed by atoms with Gasteiger partial charge in [-0.05, 0) is 31.2 Å². The number of carbonyl (C=O) groups is 1. The molecule has 1 unspecified atom stereocenters. The van der Waals surface area contributed by atoms with Gasteiger partial charge in [0.25, 0.3) is 0 Å². The summed E-state index contributed by atoms with van der Waals surface area (Å²) in [5.74, 6) is -0.648. The second kappa shape index (κ2) is 7.13. The Hall–Kier alpha value is -2.93. The maximum absolute atomic E-state index is 13.4. The van der Waals surface area contributed by atoms with E-state index in [4.69, 9.17) is 16.3 Å². The molecule has 1 aliphatic rings. The quantitative estimate of drug-likeness (QED) is 0.805. The molecule has 6 nitrogen and oxygen atoms in total. The van der Waals surface area contributed by atoms with Gasteiger partial charge in [0.2, 0.25) is 0 Å². The Morgan fingerprint density at radius 3 is 2.73 bits per heavy atom. The van der Waals surface area contributed by atoms with Crippen molar-refractivity contribution in [3.63, 3.8) is 0 Å². The van der Waals surface area contributed by atoms with Crippen LogP contribution in [0.3, 0.4) is 0 Å². The van der Waals surface area contributed by atoms with Gasteiger partial charge >= 0.3 is 5.97 Å². The fraction of sp³-hybridized carbons (Fsp3) is 0.167. The third kappa shape index (κ3) is 3.39. The number of ether oxygens (including phenoxy) is 1. The minimum absolute atomic E-state index is 0.0193. The molecular formula is C18H15ClFN3O3. The lowest BCUT2D eigenvalue weighted by atomic mass is 9.95. The van der Waals surface area contributed by atoms with Gasteiger partial charge in [-0.25, -0.2) is 14.2 Å². The van der Waals surface area contributed by atoms with Crippen molar-refractivity contribution in [3.05, 3.63) is 69.9 Å². The van der Waals surface area contributed by atoms with E-state index in [9.17, 15) is 14.3 Å². The molecule has 134 valence electrons. The molecule has 8 heteroatoms. The number of methoxy groups -OCH3 is 1. The summed E-state index contributed by atoms with van der Waals surface area (Å²) in [6, 6.07) is 6.16. The number of pyridine rings is 1. The zero-order valence-corrected chi connectivity index (χ0v) is 14.7. The highest BCUT2D eigenvalue weighted by Crippen LogP contribution is 2.36. The summed E-state index contributed by atoms with van der Waals surface area (Å²) < 4.78 is 18.3. The van der Waals surface area contributed by atoms with Gasteiger partial charge in [0.1, 0.15) is 23.3 Å². The van der Waals surface area contributed by atoms with Crippen molar-refractivity contribution < 1.29 is 19.0 Å². The first kappa shape index (κ1) is 17.9.